The highest BCUT2D eigenvalue weighted by molar-refractivity contribution is 5.60. The Labute approximate surface area is 68.5 Å². The molecule has 1 aliphatic carbocycles. The molecule has 0 aromatic heterocycles. The zero-order chi connectivity index (χ0) is 8.48. The van der Waals surface area contributed by atoms with Crippen molar-refractivity contribution in [2.24, 2.45) is 5.41 Å². The summed E-state index contributed by atoms with van der Waals surface area (Å²) in [5.41, 5.74) is 2.82. The summed E-state index contributed by atoms with van der Waals surface area (Å²) in [5.74, 6) is 0. The number of hydrogen-bond acceptors (Lipinski definition) is 1. The average molecular weight is 152 g/mol. The van der Waals surface area contributed by atoms with E-state index in [0.717, 1.165) is 25.5 Å². The highest BCUT2D eigenvalue weighted by atomic mass is 16.1. The van der Waals surface area contributed by atoms with Crippen molar-refractivity contribution < 1.29 is 4.79 Å². The number of aldehydes is 1. The minimum Gasteiger partial charge on any atom is -0.303 e. The van der Waals surface area contributed by atoms with Gasteiger partial charge in [0, 0.05) is 5.41 Å². The normalized spacial score (nSPS) is 32.3. The Balaban J connectivity index is 2.78. The van der Waals surface area contributed by atoms with Gasteiger partial charge in [0.05, 0.1) is 0 Å². The van der Waals surface area contributed by atoms with Gasteiger partial charge in [-0.15, -0.1) is 0 Å². The van der Waals surface area contributed by atoms with Crippen LogP contribution in [0.2, 0.25) is 0 Å². The SMILES string of the molecule is CC1=C(C)C[C@@](C)(C=O)CC1. The third-order valence-corrected chi connectivity index (χ3v) is 2.75. The highest BCUT2D eigenvalue weighted by Gasteiger charge is 2.27. The van der Waals surface area contributed by atoms with Crippen LogP contribution in [0.1, 0.15) is 40.0 Å². The van der Waals surface area contributed by atoms with E-state index in [1.54, 1.807) is 0 Å². The molecule has 0 radical (unpaired) electrons. The Kier molecular flexibility index (Phi) is 2.17. The lowest BCUT2D eigenvalue weighted by atomic mass is 9.75. The lowest BCUT2D eigenvalue weighted by Gasteiger charge is -2.29. The molecule has 0 aliphatic heterocycles. The van der Waals surface area contributed by atoms with E-state index < -0.39 is 0 Å². The smallest absolute Gasteiger partial charge is 0.126 e. The van der Waals surface area contributed by atoms with Crippen molar-refractivity contribution in [2.75, 3.05) is 0 Å². The third kappa shape index (κ3) is 1.70. The second kappa shape index (κ2) is 2.80. The lowest BCUT2D eigenvalue weighted by molar-refractivity contribution is -0.115. The van der Waals surface area contributed by atoms with Crippen molar-refractivity contribution in [1.29, 1.82) is 0 Å². The molecule has 0 aromatic carbocycles. The highest BCUT2D eigenvalue weighted by Crippen LogP contribution is 2.36. The molecule has 0 saturated heterocycles. The van der Waals surface area contributed by atoms with Gasteiger partial charge in [0.2, 0.25) is 0 Å². The second-order valence-corrected chi connectivity index (χ2v) is 4.01. The van der Waals surface area contributed by atoms with Gasteiger partial charge in [0.25, 0.3) is 0 Å². The van der Waals surface area contributed by atoms with Crippen LogP contribution >= 0.6 is 0 Å². The van der Waals surface area contributed by atoms with Gasteiger partial charge in [-0.2, -0.15) is 0 Å². The molecule has 0 fully saturated rings. The van der Waals surface area contributed by atoms with Crippen LogP contribution in [0.4, 0.5) is 0 Å². The van der Waals surface area contributed by atoms with Gasteiger partial charge in [-0.25, -0.2) is 0 Å². The first kappa shape index (κ1) is 8.51. The third-order valence-electron chi connectivity index (χ3n) is 2.75. The molecule has 1 rings (SSSR count). The van der Waals surface area contributed by atoms with Gasteiger partial charge in [-0.05, 0) is 33.1 Å². The first-order valence-electron chi connectivity index (χ1n) is 4.19. The summed E-state index contributed by atoms with van der Waals surface area (Å²) in [6.07, 6.45) is 4.20. The van der Waals surface area contributed by atoms with Crippen LogP contribution in [-0.2, 0) is 4.79 Å². The van der Waals surface area contributed by atoms with Crippen molar-refractivity contribution in [3.05, 3.63) is 11.1 Å². The van der Waals surface area contributed by atoms with Gasteiger partial charge in [-0.3, -0.25) is 0 Å². The maximum atomic E-state index is 10.7. The predicted molar refractivity (Wildman–Crippen MR) is 46.4 cm³/mol. The predicted octanol–water partition coefficient (Wildman–Crippen LogP) is 2.71. The summed E-state index contributed by atoms with van der Waals surface area (Å²) in [6, 6.07) is 0. The van der Waals surface area contributed by atoms with E-state index in [1.807, 2.05) is 0 Å². The zero-order valence-corrected chi connectivity index (χ0v) is 7.61. The number of hydrogen-bond donors (Lipinski definition) is 0. The maximum absolute atomic E-state index is 10.7. The summed E-state index contributed by atoms with van der Waals surface area (Å²) >= 11 is 0. The van der Waals surface area contributed by atoms with Crippen molar-refractivity contribution in [3.8, 4) is 0 Å². The largest absolute Gasteiger partial charge is 0.303 e. The van der Waals surface area contributed by atoms with E-state index in [1.165, 1.54) is 11.1 Å². The summed E-state index contributed by atoms with van der Waals surface area (Å²) in [4.78, 5) is 10.7. The van der Waals surface area contributed by atoms with Gasteiger partial charge >= 0.3 is 0 Å². The van der Waals surface area contributed by atoms with E-state index in [4.69, 9.17) is 0 Å². The topological polar surface area (TPSA) is 17.1 Å². The Morgan fingerprint density at radius 3 is 2.45 bits per heavy atom. The quantitative estimate of drug-likeness (QED) is 0.417. The van der Waals surface area contributed by atoms with Gasteiger partial charge in [-0.1, -0.05) is 18.1 Å². The lowest BCUT2D eigenvalue weighted by Crippen LogP contribution is -2.22. The first-order chi connectivity index (χ1) is 5.07. The van der Waals surface area contributed by atoms with E-state index >= 15 is 0 Å². The molecular formula is C10H16O. The van der Waals surface area contributed by atoms with Crippen molar-refractivity contribution in [3.63, 3.8) is 0 Å². The summed E-state index contributed by atoms with van der Waals surface area (Å²) in [6.45, 7) is 6.35. The molecule has 0 spiro atoms. The van der Waals surface area contributed by atoms with Crippen LogP contribution in [0.5, 0.6) is 0 Å². The fourth-order valence-electron chi connectivity index (χ4n) is 1.63. The van der Waals surface area contributed by atoms with Crippen molar-refractivity contribution in [2.45, 2.75) is 40.0 Å². The van der Waals surface area contributed by atoms with Crippen LogP contribution in [0.3, 0.4) is 0 Å². The maximum Gasteiger partial charge on any atom is 0.126 e. The van der Waals surface area contributed by atoms with Crippen LogP contribution in [0.25, 0.3) is 0 Å². The summed E-state index contributed by atoms with van der Waals surface area (Å²) in [5, 5.41) is 0. The molecule has 0 N–H and O–H groups in total. The summed E-state index contributed by atoms with van der Waals surface area (Å²) < 4.78 is 0. The van der Waals surface area contributed by atoms with E-state index in [9.17, 15) is 4.79 Å². The molecule has 1 heteroatoms. The van der Waals surface area contributed by atoms with Crippen LogP contribution in [0.15, 0.2) is 11.1 Å². The second-order valence-electron chi connectivity index (χ2n) is 4.01. The Morgan fingerprint density at radius 1 is 1.36 bits per heavy atom. The fraction of sp³-hybridized carbons (Fsp3) is 0.700. The molecule has 0 heterocycles. The molecule has 0 aromatic rings. The number of carbonyl (C=O) groups is 1. The Bertz CT molecular complexity index is 203. The Hall–Kier alpha value is -0.590. The molecule has 0 amide bonds. The monoisotopic (exact) mass is 152 g/mol. The summed E-state index contributed by atoms with van der Waals surface area (Å²) in [7, 11) is 0. The van der Waals surface area contributed by atoms with Gasteiger partial charge in [0.15, 0.2) is 0 Å². The van der Waals surface area contributed by atoms with Gasteiger partial charge < -0.3 is 4.79 Å². The number of rotatable bonds is 1. The van der Waals surface area contributed by atoms with Crippen LogP contribution in [-0.4, -0.2) is 6.29 Å². The van der Waals surface area contributed by atoms with Crippen molar-refractivity contribution >= 4 is 6.29 Å². The van der Waals surface area contributed by atoms with Crippen LogP contribution in [0, 0.1) is 5.41 Å². The van der Waals surface area contributed by atoms with Crippen LogP contribution < -0.4 is 0 Å². The standard InChI is InChI=1S/C10H16O/c1-8-4-5-10(3,7-11)6-9(8)2/h7H,4-6H2,1-3H3/t10-/m0/s1. The molecular weight excluding hydrogens is 136 g/mol. The molecule has 11 heavy (non-hydrogen) atoms. The minimum atomic E-state index is -0.0659. The fourth-order valence-corrected chi connectivity index (χ4v) is 1.63. The number of carbonyl (C=O) groups excluding carboxylic acids is 1. The molecule has 1 aliphatic rings. The zero-order valence-electron chi connectivity index (χ0n) is 7.61. The molecule has 1 nitrogen and oxygen atoms in total. The van der Waals surface area contributed by atoms with Gasteiger partial charge in [0.1, 0.15) is 6.29 Å². The minimum absolute atomic E-state index is 0.0659. The number of allylic oxidation sites excluding steroid dienone is 2. The molecule has 0 saturated carbocycles. The van der Waals surface area contributed by atoms with E-state index in [0.29, 0.717) is 0 Å². The van der Waals surface area contributed by atoms with E-state index in [-0.39, 0.29) is 5.41 Å². The Morgan fingerprint density at radius 2 is 2.00 bits per heavy atom. The molecule has 0 bridgehead atoms. The van der Waals surface area contributed by atoms with Crippen molar-refractivity contribution in [1.82, 2.24) is 0 Å². The molecule has 62 valence electrons. The average Bonchev–Trinajstić information content (AvgIpc) is 1.98. The molecule has 1 atom stereocenters. The first-order valence-corrected chi connectivity index (χ1v) is 4.19. The molecule has 0 unspecified atom stereocenters. The van der Waals surface area contributed by atoms with E-state index in [2.05, 4.69) is 20.8 Å².